The number of aromatic nitrogens is 2. The lowest BCUT2D eigenvalue weighted by Gasteiger charge is -2.46. The molecular formula is C22H28N4O3S. The summed E-state index contributed by atoms with van der Waals surface area (Å²) in [6, 6.07) is 9.10. The average Bonchev–Trinajstić information content (AvgIpc) is 3.44. The lowest BCUT2D eigenvalue weighted by atomic mass is 9.83. The monoisotopic (exact) mass is 428 g/mol. The normalized spacial score (nSPS) is 21.8. The molecule has 0 atom stereocenters. The Morgan fingerprint density at radius 1 is 1.13 bits per heavy atom. The molecule has 2 fully saturated rings. The second-order valence-electron chi connectivity index (χ2n) is 9.07. The first-order valence-electron chi connectivity index (χ1n) is 10.7. The van der Waals surface area contributed by atoms with Gasteiger partial charge in [-0.15, -0.1) is 0 Å². The van der Waals surface area contributed by atoms with E-state index in [2.05, 4.69) is 0 Å². The summed E-state index contributed by atoms with van der Waals surface area (Å²) in [5.74, 6) is 1.63. The second kappa shape index (κ2) is 6.92. The van der Waals surface area contributed by atoms with E-state index in [1.54, 1.807) is 16.4 Å². The van der Waals surface area contributed by atoms with Crippen LogP contribution in [-0.4, -0.2) is 48.0 Å². The SMILES string of the molecule is Cc1cc2n(n1)C1(CCN(S(=O)(=O)c3ccccc3C)CC1)CC(=O)N2CC1CC1. The fourth-order valence-corrected chi connectivity index (χ4v) is 6.54. The van der Waals surface area contributed by atoms with E-state index < -0.39 is 15.6 Å². The maximum atomic E-state index is 13.2. The molecule has 0 radical (unpaired) electrons. The van der Waals surface area contributed by atoms with Gasteiger partial charge in [0.25, 0.3) is 0 Å². The molecule has 1 amide bonds. The minimum absolute atomic E-state index is 0.143. The molecular weight excluding hydrogens is 400 g/mol. The largest absolute Gasteiger partial charge is 0.297 e. The Kier molecular flexibility index (Phi) is 4.56. The molecule has 7 nitrogen and oxygen atoms in total. The van der Waals surface area contributed by atoms with Gasteiger partial charge in [-0.2, -0.15) is 9.40 Å². The Morgan fingerprint density at radius 2 is 1.83 bits per heavy atom. The van der Waals surface area contributed by atoms with Crippen LogP contribution in [0.15, 0.2) is 35.2 Å². The first-order valence-corrected chi connectivity index (χ1v) is 12.2. The van der Waals surface area contributed by atoms with Gasteiger partial charge in [0.15, 0.2) is 0 Å². The number of sulfonamides is 1. The van der Waals surface area contributed by atoms with Crippen molar-refractivity contribution in [3.05, 3.63) is 41.6 Å². The Labute approximate surface area is 177 Å². The number of nitrogens with zero attached hydrogens (tertiary/aromatic N) is 4. The number of hydrogen-bond acceptors (Lipinski definition) is 4. The van der Waals surface area contributed by atoms with Gasteiger partial charge < -0.3 is 0 Å². The van der Waals surface area contributed by atoms with Crippen molar-refractivity contribution in [2.24, 2.45) is 5.92 Å². The van der Waals surface area contributed by atoms with Gasteiger partial charge >= 0.3 is 0 Å². The van der Waals surface area contributed by atoms with Crippen molar-refractivity contribution in [2.75, 3.05) is 24.5 Å². The molecule has 2 aliphatic heterocycles. The van der Waals surface area contributed by atoms with Crippen LogP contribution in [0.25, 0.3) is 0 Å². The summed E-state index contributed by atoms with van der Waals surface area (Å²) in [6.45, 7) is 5.34. The molecule has 30 heavy (non-hydrogen) atoms. The minimum atomic E-state index is -3.54. The highest BCUT2D eigenvalue weighted by Crippen LogP contribution is 2.43. The lowest BCUT2D eigenvalue weighted by Crippen LogP contribution is -2.55. The van der Waals surface area contributed by atoms with Crippen LogP contribution in [0.3, 0.4) is 0 Å². The summed E-state index contributed by atoms with van der Waals surface area (Å²) in [4.78, 5) is 15.4. The molecule has 3 heterocycles. The number of fused-ring (bicyclic) bond motifs is 2. The molecule has 0 bridgehead atoms. The van der Waals surface area contributed by atoms with E-state index in [-0.39, 0.29) is 5.91 Å². The molecule has 0 N–H and O–H groups in total. The smallest absolute Gasteiger partial charge is 0.243 e. The highest BCUT2D eigenvalue weighted by molar-refractivity contribution is 7.89. The zero-order chi connectivity index (χ0) is 21.1. The average molecular weight is 429 g/mol. The standard InChI is InChI=1S/C22H28N4O3S/c1-16-5-3-4-6-19(16)30(28,29)24-11-9-22(10-12-24)14-21(27)25(15-18-7-8-18)20-13-17(2)23-26(20)22/h3-6,13,18H,7-12,14-15H2,1-2H3. The Balaban J connectivity index is 1.42. The molecule has 1 aromatic carbocycles. The quantitative estimate of drug-likeness (QED) is 0.750. The Hall–Kier alpha value is -2.19. The summed E-state index contributed by atoms with van der Waals surface area (Å²) in [6.07, 6.45) is 3.96. The maximum Gasteiger partial charge on any atom is 0.243 e. The minimum Gasteiger partial charge on any atom is -0.297 e. The van der Waals surface area contributed by atoms with E-state index in [0.717, 1.165) is 23.6 Å². The first-order chi connectivity index (χ1) is 14.3. The summed E-state index contributed by atoms with van der Waals surface area (Å²) < 4.78 is 30.0. The van der Waals surface area contributed by atoms with Crippen LogP contribution in [0.5, 0.6) is 0 Å². The van der Waals surface area contributed by atoms with E-state index in [0.29, 0.717) is 43.2 Å². The highest BCUT2D eigenvalue weighted by Gasteiger charge is 2.48. The third-order valence-corrected chi connectivity index (χ3v) is 8.88. The van der Waals surface area contributed by atoms with E-state index in [1.807, 2.05) is 41.6 Å². The van der Waals surface area contributed by atoms with Gasteiger partial charge in [0.2, 0.25) is 15.9 Å². The fourth-order valence-electron chi connectivity index (χ4n) is 4.88. The van der Waals surface area contributed by atoms with Crippen molar-refractivity contribution < 1.29 is 13.2 Å². The van der Waals surface area contributed by atoms with Gasteiger partial charge in [-0.3, -0.25) is 9.69 Å². The van der Waals surface area contributed by atoms with Crippen molar-refractivity contribution in [3.63, 3.8) is 0 Å². The molecule has 3 aliphatic rings. The van der Waals surface area contributed by atoms with Crippen LogP contribution in [0, 0.1) is 19.8 Å². The van der Waals surface area contributed by atoms with Crippen LogP contribution < -0.4 is 4.90 Å². The number of carbonyl (C=O) groups excluding carboxylic acids is 1. The molecule has 2 aromatic rings. The lowest BCUT2D eigenvalue weighted by molar-refractivity contribution is -0.122. The number of aryl methyl sites for hydroxylation is 2. The van der Waals surface area contributed by atoms with Crippen molar-refractivity contribution in [2.45, 2.75) is 56.4 Å². The number of hydrogen-bond donors (Lipinski definition) is 0. The third-order valence-electron chi connectivity index (χ3n) is 6.82. The number of benzene rings is 1. The number of amides is 1. The Morgan fingerprint density at radius 3 is 2.50 bits per heavy atom. The third kappa shape index (κ3) is 3.17. The fraction of sp³-hybridized carbons (Fsp3) is 0.545. The van der Waals surface area contributed by atoms with Crippen LogP contribution in [0.1, 0.15) is 43.4 Å². The topological polar surface area (TPSA) is 75.5 Å². The van der Waals surface area contributed by atoms with Crippen molar-refractivity contribution in [3.8, 4) is 0 Å². The molecule has 1 saturated carbocycles. The maximum absolute atomic E-state index is 13.2. The van der Waals surface area contributed by atoms with Gasteiger partial charge in [0.1, 0.15) is 5.82 Å². The molecule has 5 rings (SSSR count). The van der Waals surface area contributed by atoms with Gasteiger partial charge in [-0.25, -0.2) is 13.1 Å². The number of rotatable bonds is 4. The summed E-state index contributed by atoms with van der Waals surface area (Å²) >= 11 is 0. The van der Waals surface area contributed by atoms with E-state index in [4.69, 9.17) is 5.10 Å². The van der Waals surface area contributed by atoms with Crippen molar-refractivity contribution in [1.82, 2.24) is 14.1 Å². The van der Waals surface area contributed by atoms with Gasteiger partial charge in [0.05, 0.1) is 22.5 Å². The van der Waals surface area contributed by atoms with E-state index >= 15 is 0 Å². The van der Waals surface area contributed by atoms with Crippen LogP contribution in [0.2, 0.25) is 0 Å². The molecule has 0 unspecified atom stereocenters. The highest BCUT2D eigenvalue weighted by atomic mass is 32.2. The summed E-state index contributed by atoms with van der Waals surface area (Å²) in [5, 5.41) is 4.75. The zero-order valence-corrected chi connectivity index (χ0v) is 18.4. The second-order valence-corrected chi connectivity index (χ2v) is 11.0. The predicted octanol–water partition coefficient (Wildman–Crippen LogP) is 2.83. The number of anilines is 1. The van der Waals surface area contributed by atoms with Crippen LogP contribution >= 0.6 is 0 Å². The molecule has 8 heteroatoms. The van der Waals surface area contributed by atoms with Crippen LogP contribution in [0.4, 0.5) is 5.82 Å². The van der Waals surface area contributed by atoms with Gasteiger partial charge in [-0.1, -0.05) is 18.2 Å². The summed E-state index contributed by atoms with van der Waals surface area (Å²) in [5.41, 5.74) is 1.22. The van der Waals surface area contributed by atoms with Gasteiger partial charge in [-0.05, 0) is 57.1 Å². The van der Waals surface area contributed by atoms with E-state index in [1.165, 1.54) is 12.8 Å². The Bertz CT molecular complexity index is 1100. The van der Waals surface area contributed by atoms with Crippen molar-refractivity contribution >= 4 is 21.7 Å². The number of carbonyl (C=O) groups is 1. The molecule has 1 aromatic heterocycles. The predicted molar refractivity (Wildman–Crippen MR) is 114 cm³/mol. The first kappa shape index (κ1) is 19.8. The van der Waals surface area contributed by atoms with Crippen LogP contribution in [-0.2, 0) is 20.4 Å². The summed E-state index contributed by atoms with van der Waals surface area (Å²) in [7, 11) is -3.54. The molecule has 160 valence electrons. The zero-order valence-electron chi connectivity index (χ0n) is 17.5. The van der Waals surface area contributed by atoms with Gasteiger partial charge in [0, 0.05) is 25.7 Å². The molecule has 1 saturated heterocycles. The number of piperidine rings is 1. The molecule has 1 aliphatic carbocycles. The van der Waals surface area contributed by atoms with Crippen molar-refractivity contribution in [1.29, 1.82) is 0 Å². The van der Waals surface area contributed by atoms with E-state index in [9.17, 15) is 13.2 Å². The molecule has 1 spiro atoms.